The number of nitrogens with zero attached hydrogens (tertiary/aromatic N) is 3. The Labute approximate surface area is 212 Å². The van der Waals surface area contributed by atoms with Crippen LogP contribution in [0.3, 0.4) is 0 Å². The van der Waals surface area contributed by atoms with Crippen molar-refractivity contribution in [2.45, 2.75) is 25.3 Å². The van der Waals surface area contributed by atoms with Crippen molar-refractivity contribution in [3.05, 3.63) is 84.6 Å². The summed E-state index contributed by atoms with van der Waals surface area (Å²) in [6.45, 7) is 2.46. The lowest BCUT2D eigenvalue weighted by molar-refractivity contribution is -0.224. The fourth-order valence-electron chi connectivity index (χ4n) is 3.82. The molecule has 186 valence electrons. The van der Waals surface area contributed by atoms with Gasteiger partial charge in [0.05, 0.1) is 42.7 Å². The van der Waals surface area contributed by atoms with E-state index in [1.54, 1.807) is 43.1 Å². The number of hydrogen-bond acceptors (Lipinski definition) is 7. The Morgan fingerprint density at radius 1 is 1.17 bits per heavy atom. The molecule has 0 aliphatic carbocycles. The number of ether oxygens (including phenoxy) is 2. The third-order valence-corrected chi connectivity index (χ3v) is 6.52. The van der Waals surface area contributed by atoms with E-state index in [1.165, 1.54) is 16.4 Å². The van der Waals surface area contributed by atoms with Crippen molar-refractivity contribution < 1.29 is 23.1 Å². The molecule has 1 saturated heterocycles. The van der Waals surface area contributed by atoms with Crippen molar-refractivity contribution in [1.82, 2.24) is 24.6 Å². The van der Waals surface area contributed by atoms with Gasteiger partial charge in [-0.1, -0.05) is 12.8 Å². The number of halogens is 1. The lowest BCUT2D eigenvalue weighted by Crippen LogP contribution is -2.56. The van der Waals surface area contributed by atoms with Crippen molar-refractivity contribution in [2.24, 2.45) is 0 Å². The van der Waals surface area contributed by atoms with Crippen LogP contribution in [-0.4, -0.2) is 44.0 Å². The largest absolute Gasteiger partial charge is 0.472 e. The second-order valence-electron chi connectivity index (χ2n) is 8.64. The number of urea groups is 1. The van der Waals surface area contributed by atoms with E-state index < -0.39 is 11.8 Å². The second kappa shape index (κ2) is 10.1. The number of aromatic amines is 1. The summed E-state index contributed by atoms with van der Waals surface area (Å²) in [7, 11) is 0. The number of thiol groups is 1. The van der Waals surface area contributed by atoms with E-state index >= 15 is 0 Å². The summed E-state index contributed by atoms with van der Waals surface area (Å²) in [6, 6.07) is 11.2. The first-order chi connectivity index (χ1) is 17.4. The Balaban J connectivity index is 1.32. The SMILES string of the molecule is CC1(N(S)C(=O)NCc2ccoc2)COC(c2nc(-c3ccc(F)cc3)c(-c3ccncc3)[nH]2)OC1. The second-order valence-corrected chi connectivity index (χ2v) is 9.04. The van der Waals surface area contributed by atoms with Crippen molar-refractivity contribution in [3.63, 3.8) is 0 Å². The molecule has 2 amide bonds. The number of pyridine rings is 1. The van der Waals surface area contributed by atoms with Crippen LogP contribution < -0.4 is 5.32 Å². The summed E-state index contributed by atoms with van der Waals surface area (Å²) >= 11 is 4.40. The summed E-state index contributed by atoms with van der Waals surface area (Å²) in [5.41, 5.74) is 2.98. The van der Waals surface area contributed by atoms with Gasteiger partial charge in [0.15, 0.2) is 5.82 Å². The van der Waals surface area contributed by atoms with E-state index in [0.29, 0.717) is 18.1 Å². The average molecular weight is 510 g/mol. The van der Waals surface area contributed by atoms with Gasteiger partial charge in [-0.2, -0.15) is 0 Å². The number of H-pyrrole nitrogens is 1. The molecule has 4 heterocycles. The van der Waals surface area contributed by atoms with Crippen LogP contribution in [0.1, 0.15) is 24.6 Å². The van der Waals surface area contributed by atoms with Crippen molar-refractivity contribution in [1.29, 1.82) is 0 Å². The Hall–Kier alpha value is -3.67. The van der Waals surface area contributed by atoms with E-state index in [0.717, 1.165) is 22.4 Å². The van der Waals surface area contributed by atoms with Gasteiger partial charge in [-0.3, -0.25) is 9.29 Å². The zero-order valence-electron chi connectivity index (χ0n) is 19.3. The number of hydrogen-bond donors (Lipinski definition) is 3. The van der Waals surface area contributed by atoms with E-state index in [9.17, 15) is 9.18 Å². The molecule has 5 rings (SSSR count). The van der Waals surface area contributed by atoms with Crippen LogP contribution >= 0.6 is 12.8 Å². The molecular formula is C25H24FN5O4S. The Morgan fingerprint density at radius 3 is 2.56 bits per heavy atom. The predicted molar refractivity (Wildman–Crippen MR) is 132 cm³/mol. The highest BCUT2D eigenvalue weighted by Crippen LogP contribution is 2.35. The van der Waals surface area contributed by atoms with E-state index in [4.69, 9.17) is 18.9 Å². The highest BCUT2D eigenvalue weighted by atomic mass is 32.1. The molecule has 1 aromatic carbocycles. The molecule has 0 atom stereocenters. The van der Waals surface area contributed by atoms with Crippen LogP contribution in [0.25, 0.3) is 22.5 Å². The maximum Gasteiger partial charge on any atom is 0.328 e. The Bertz CT molecular complexity index is 1310. The number of nitrogens with one attached hydrogen (secondary N) is 2. The fourth-order valence-corrected chi connectivity index (χ4v) is 4.00. The maximum absolute atomic E-state index is 13.5. The van der Waals surface area contributed by atoms with Crippen LogP contribution in [0, 0.1) is 5.82 Å². The quantitative estimate of drug-likeness (QED) is 0.325. The highest BCUT2D eigenvalue weighted by Gasteiger charge is 2.41. The molecule has 0 saturated carbocycles. The first kappa shape index (κ1) is 24.0. The normalized spacial score (nSPS) is 19.7. The Kier molecular flexibility index (Phi) is 6.77. The number of benzene rings is 1. The van der Waals surface area contributed by atoms with Crippen LogP contribution in [0.4, 0.5) is 9.18 Å². The standard InChI is InChI=1S/C25H24FN5O4S/c1-25(31(36)24(32)28-12-16-8-11-33-13-16)14-34-23(35-15-25)22-29-20(17-2-4-19(26)5-3-17)21(30-22)18-6-9-27-10-7-18/h2-11,13,23,36H,12,14-15H2,1H3,(H,28,32)(H,29,30). The molecule has 11 heteroatoms. The summed E-state index contributed by atoms with van der Waals surface area (Å²) in [5.74, 6) is 0.127. The minimum atomic E-state index is -0.819. The van der Waals surface area contributed by atoms with Gasteiger partial charge in [-0.05, 0) is 49.4 Å². The van der Waals surface area contributed by atoms with Crippen LogP contribution in [0.15, 0.2) is 71.8 Å². The summed E-state index contributed by atoms with van der Waals surface area (Å²) < 4.78 is 31.8. The van der Waals surface area contributed by atoms with Crippen molar-refractivity contribution in [2.75, 3.05) is 13.2 Å². The molecule has 3 aromatic heterocycles. The zero-order valence-corrected chi connectivity index (χ0v) is 20.2. The molecule has 0 unspecified atom stereocenters. The zero-order chi connectivity index (χ0) is 25.1. The fraction of sp³-hybridized carbons (Fsp3) is 0.240. The molecule has 4 aromatic rings. The van der Waals surface area contributed by atoms with E-state index in [2.05, 4.69) is 28.1 Å². The van der Waals surface area contributed by atoms with E-state index in [-0.39, 0.29) is 25.1 Å². The molecule has 9 nitrogen and oxygen atoms in total. The third kappa shape index (κ3) is 4.99. The average Bonchev–Trinajstić information content (AvgIpc) is 3.59. The van der Waals surface area contributed by atoms with Gasteiger partial charge < -0.3 is 24.2 Å². The van der Waals surface area contributed by atoms with Gasteiger partial charge in [-0.15, -0.1) is 0 Å². The number of carbonyl (C=O) groups excluding carboxylic acids is 1. The molecule has 0 spiro atoms. The topological polar surface area (TPSA) is 106 Å². The monoisotopic (exact) mass is 509 g/mol. The molecule has 2 N–H and O–H groups in total. The van der Waals surface area contributed by atoms with E-state index in [1.807, 2.05) is 19.1 Å². The first-order valence-corrected chi connectivity index (χ1v) is 11.6. The molecule has 1 aliphatic rings. The predicted octanol–water partition coefficient (Wildman–Crippen LogP) is 4.73. The van der Waals surface area contributed by atoms with Gasteiger partial charge in [0, 0.05) is 35.6 Å². The highest BCUT2D eigenvalue weighted by molar-refractivity contribution is 7.78. The minimum Gasteiger partial charge on any atom is -0.472 e. The molecule has 0 radical (unpaired) electrons. The number of imidazole rings is 1. The van der Waals surface area contributed by atoms with Crippen molar-refractivity contribution in [3.8, 4) is 22.5 Å². The summed E-state index contributed by atoms with van der Waals surface area (Å²) in [6.07, 6.45) is 5.68. The number of carbonyl (C=O) groups is 1. The van der Waals surface area contributed by atoms with Crippen LogP contribution in [-0.2, 0) is 16.0 Å². The van der Waals surface area contributed by atoms with Crippen LogP contribution in [0.2, 0.25) is 0 Å². The Morgan fingerprint density at radius 2 is 1.89 bits per heavy atom. The smallest absolute Gasteiger partial charge is 0.328 e. The van der Waals surface area contributed by atoms with Gasteiger partial charge in [0.25, 0.3) is 0 Å². The summed E-state index contributed by atoms with van der Waals surface area (Å²) in [5, 5.41) is 2.79. The lowest BCUT2D eigenvalue weighted by Gasteiger charge is -2.41. The van der Waals surface area contributed by atoms with Gasteiger partial charge in [0.2, 0.25) is 6.29 Å². The van der Waals surface area contributed by atoms with Gasteiger partial charge in [0.1, 0.15) is 5.82 Å². The third-order valence-electron chi connectivity index (χ3n) is 5.85. The lowest BCUT2D eigenvalue weighted by atomic mass is 10.0. The molecule has 1 fully saturated rings. The summed E-state index contributed by atoms with van der Waals surface area (Å²) in [4.78, 5) is 24.7. The minimum absolute atomic E-state index is 0.164. The maximum atomic E-state index is 13.5. The number of aromatic nitrogens is 3. The van der Waals surface area contributed by atoms with Crippen LogP contribution in [0.5, 0.6) is 0 Å². The number of rotatable bonds is 6. The van der Waals surface area contributed by atoms with Gasteiger partial charge in [-0.25, -0.2) is 14.2 Å². The first-order valence-electron chi connectivity index (χ1n) is 11.2. The molecule has 1 aliphatic heterocycles. The molecular weight excluding hydrogens is 485 g/mol. The van der Waals surface area contributed by atoms with Gasteiger partial charge >= 0.3 is 6.03 Å². The molecule has 0 bridgehead atoms. The number of amides is 2. The number of furan rings is 1. The molecule has 36 heavy (non-hydrogen) atoms. The van der Waals surface area contributed by atoms with Crippen molar-refractivity contribution >= 4 is 18.8 Å².